The Balaban J connectivity index is 2.97. The average Bonchev–Trinajstić information content (AvgIpc) is 2.54. The van der Waals surface area contributed by atoms with Gasteiger partial charge in [-0.2, -0.15) is 10.3 Å². The molecule has 0 spiro atoms. The second kappa shape index (κ2) is 20.2. The summed E-state index contributed by atoms with van der Waals surface area (Å²) in [6.07, 6.45) is 26.9. The standard InChI is InChI=1S/C20H38N2/c1-2-3-4-5-6-7-8-9-10-11-12-13-14-15-16-17-18-19-22-20-21/h19H,2-18H2,1H3. The van der Waals surface area contributed by atoms with Crippen molar-refractivity contribution in [1.29, 1.82) is 5.26 Å². The molecule has 0 unspecified atom stereocenters. The van der Waals surface area contributed by atoms with Gasteiger partial charge in [0, 0.05) is 6.21 Å². The fraction of sp³-hybridized carbons (Fsp3) is 0.900. The Kier molecular flexibility index (Phi) is 19.4. The molecule has 0 saturated carbocycles. The third-order valence-corrected chi connectivity index (χ3v) is 4.34. The second-order valence-corrected chi connectivity index (χ2v) is 6.50. The lowest BCUT2D eigenvalue weighted by Crippen LogP contribution is -1.84. The molecule has 0 aromatic heterocycles. The van der Waals surface area contributed by atoms with Gasteiger partial charge < -0.3 is 0 Å². The molecule has 0 bridgehead atoms. The van der Waals surface area contributed by atoms with Crippen LogP contribution in [0.1, 0.15) is 116 Å². The zero-order chi connectivity index (χ0) is 16.1. The first-order valence-corrected chi connectivity index (χ1v) is 9.82. The van der Waals surface area contributed by atoms with Crippen molar-refractivity contribution in [1.82, 2.24) is 0 Å². The first-order valence-electron chi connectivity index (χ1n) is 9.82. The molecule has 0 aliphatic heterocycles. The van der Waals surface area contributed by atoms with Crippen molar-refractivity contribution in [2.45, 2.75) is 116 Å². The highest BCUT2D eigenvalue weighted by Crippen LogP contribution is 2.13. The van der Waals surface area contributed by atoms with E-state index in [4.69, 9.17) is 5.26 Å². The molecule has 22 heavy (non-hydrogen) atoms. The summed E-state index contributed by atoms with van der Waals surface area (Å²) in [5.74, 6) is 0. The van der Waals surface area contributed by atoms with Gasteiger partial charge in [0.25, 0.3) is 0 Å². The molecule has 0 N–H and O–H groups in total. The van der Waals surface area contributed by atoms with E-state index in [1.54, 1.807) is 12.4 Å². The Morgan fingerprint density at radius 2 is 1.00 bits per heavy atom. The number of unbranched alkanes of at least 4 members (excludes halogenated alkanes) is 16. The van der Waals surface area contributed by atoms with Gasteiger partial charge in [0.05, 0.1) is 0 Å². The van der Waals surface area contributed by atoms with Crippen molar-refractivity contribution in [2.75, 3.05) is 0 Å². The molecule has 0 aliphatic rings. The van der Waals surface area contributed by atoms with E-state index in [2.05, 4.69) is 11.9 Å². The second-order valence-electron chi connectivity index (χ2n) is 6.50. The molecule has 0 aromatic carbocycles. The van der Waals surface area contributed by atoms with Crippen LogP contribution in [0.3, 0.4) is 0 Å². The number of rotatable bonds is 17. The van der Waals surface area contributed by atoms with Gasteiger partial charge in [-0.3, -0.25) is 0 Å². The van der Waals surface area contributed by atoms with Gasteiger partial charge in [-0.15, -0.1) is 0 Å². The van der Waals surface area contributed by atoms with Crippen LogP contribution in [0.4, 0.5) is 0 Å². The molecule has 0 amide bonds. The number of nitriles is 1. The lowest BCUT2D eigenvalue weighted by molar-refractivity contribution is 0.530. The summed E-state index contributed by atoms with van der Waals surface area (Å²) < 4.78 is 0. The third kappa shape index (κ3) is 19.2. The molecule has 128 valence electrons. The summed E-state index contributed by atoms with van der Waals surface area (Å²) in [5.41, 5.74) is 0. The maximum absolute atomic E-state index is 8.25. The van der Waals surface area contributed by atoms with Crippen molar-refractivity contribution >= 4 is 6.21 Å². The van der Waals surface area contributed by atoms with Crippen LogP contribution in [0.15, 0.2) is 4.99 Å². The van der Waals surface area contributed by atoms with Gasteiger partial charge in [0.2, 0.25) is 6.19 Å². The van der Waals surface area contributed by atoms with Crippen LogP contribution in [0.5, 0.6) is 0 Å². The van der Waals surface area contributed by atoms with E-state index in [1.807, 2.05) is 0 Å². The van der Waals surface area contributed by atoms with Gasteiger partial charge in [-0.25, -0.2) is 0 Å². The zero-order valence-corrected chi connectivity index (χ0v) is 15.0. The molecule has 0 rings (SSSR count). The van der Waals surface area contributed by atoms with Gasteiger partial charge in [-0.1, -0.05) is 103 Å². The van der Waals surface area contributed by atoms with Crippen molar-refractivity contribution in [2.24, 2.45) is 4.99 Å². The lowest BCUT2D eigenvalue weighted by Gasteiger charge is -2.03. The van der Waals surface area contributed by atoms with Crippen LogP contribution in [-0.2, 0) is 0 Å². The minimum Gasteiger partial charge on any atom is -0.186 e. The van der Waals surface area contributed by atoms with E-state index in [0.29, 0.717) is 0 Å². The Morgan fingerprint density at radius 1 is 0.636 bits per heavy atom. The maximum atomic E-state index is 8.25. The summed E-state index contributed by atoms with van der Waals surface area (Å²) >= 11 is 0. The predicted molar refractivity (Wildman–Crippen MR) is 98.3 cm³/mol. The summed E-state index contributed by atoms with van der Waals surface area (Å²) in [4.78, 5) is 3.56. The van der Waals surface area contributed by atoms with Crippen LogP contribution in [-0.4, -0.2) is 6.21 Å². The fourth-order valence-electron chi connectivity index (χ4n) is 2.89. The van der Waals surface area contributed by atoms with Crippen LogP contribution in [0, 0.1) is 11.5 Å². The molecule has 0 fully saturated rings. The maximum Gasteiger partial charge on any atom is 0.205 e. The van der Waals surface area contributed by atoms with Gasteiger partial charge in [0.1, 0.15) is 0 Å². The number of aliphatic imine (C=N–C) groups is 1. The van der Waals surface area contributed by atoms with Crippen LogP contribution in [0.25, 0.3) is 0 Å². The van der Waals surface area contributed by atoms with Gasteiger partial charge >= 0.3 is 0 Å². The number of nitrogens with zero attached hydrogens (tertiary/aromatic N) is 2. The summed E-state index contributed by atoms with van der Waals surface area (Å²) in [7, 11) is 0. The number of hydrogen-bond acceptors (Lipinski definition) is 2. The fourth-order valence-corrected chi connectivity index (χ4v) is 2.89. The lowest BCUT2D eigenvalue weighted by atomic mass is 10.0. The van der Waals surface area contributed by atoms with E-state index in [0.717, 1.165) is 6.42 Å². The highest BCUT2D eigenvalue weighted by atomic mass is 14.7. The predicted octanol–water partition coefficient (Wildman–Crippen LogP) is 7.19. The molecule has 0 aliphatic carbocycles. The highest BCUT2D eigenvalue weighted by molar-refractivity contribution is 5.58. The summed E-state index contributed by atoms with van der Waals surface area (Å²) in [6.45, 7) is 2.28. The normalized spacial score (nSPS) is 11.1. The van der Waals surface area contributed by atoms with Crippen molar-refractivity contribution in [3.63, 3.8) is 0 Å². The minimum absolute atomic E-state index is 0.964. The topological polar surface area (TPSA) is 36.1 Å². The minimum atomic E-state index is 0.964. The van der Waals surface area contributed by atoms with Crippen molar-refractivity contribution in [3.05, 3.63) is 0 Å². The van der Waals surface area contributed by atoms with Crippen molar-refractivity contribution in [3.8, 4) is 6.19 Å². The molecule has 0 radical (unpaired) electrons. The Labute approximate surface area is 139 Å². The largest absolute Gasteiger partial charge is 0.205 e. The van der Waals surface area contributed by atoms with E-state index in [1.165, 1.54) is 103 Å². The Bertz CT molecular complexity index is 265. The first-order chi connectivity index (χ1) is 10.9. The van der Waals surface area contributed by atoms with Crippen LogP contribution >= 0.6 is 0 Å². The van der Waals surface area contributed by atoms with Gasteiger partial charge in [0.15, 0.2) is 0 Å². The van der Waals surface area contributed by atoms with Gasteiger partial charge in [-0.05, 0) is 12.8 Å². The van der Waals surface area contributed by atoms with E-state index < -0.39 is 0 Å². The molecule has 0 atom stereocenters. The highest BCUT2D eigenvalue weighted by Gasteiger charge is 1.94. The third-order valence-electron chi connectivity index (χ3n) is 4.34. The molecular formula is C20H38N2. The smallest absolute Gasteiger partial charge is 0.186 e. The summed E-state index contributed by atoms with van der Waals surface area (Å²) in [6, 6.07) is 0. The van der Waals surface area contributed by atoms with Crippen LogP contribution < -0.4 is 0 Å². The quantitative estimate of drug-likeness (QED) is 0.159. The SMILES string of the molecule is CCCCCCCCCCCCCCCCCCC=NC#N. The van der Waals surface area contributed by atoms with E-state index in [-0.39, 0.29) is 0 Å². The molecule has 2 nitrogen and oxygen atoms in total. The van der Waals surface area contributed by atoms with Crippen LogP contribution in [0.2, 0.25) is 0 Å². The number of hydrogen-bond donors (Lipinski definition) is 0. The van der Waals surface area contributed by atoms with Crippen molar-refractivity contribution < 1.29 is 0 Å². The van der Waals surface area contributed by atoms with E-state index >= 15 is 0 Å². The van der Waals surface area contributed by atoms with E-state index in [9.17, 15) is 0 Å². The Morgan fingerprint density at radius 3 is 1.36 bits per heavy atom. The first kappa shape index (κ1) is 21.2. The zero-order valence-electron chi connectivity index (χ0n) is 15.0. The summed E-state index contributed by atoms with van der Waals surface area (Å²) in [5, 5.41) is 8.25. The average molecular weight is 307 g/mol. The molecule has 0 aromatic rings. The Hall–Kier alpha value is -0.840. The monoisotopic (exact) mass is 306 g/mol. The molecule has 0 heterocycles. The molecule has 0 saturated heterocycles. The molecule has 2 heteroatoms. The molecular weight excluding hydrogens is 268 g/mol.